The molecule has 0 aliphatic carbocycles. The van der Waals surface area contributed by atoms with E-state index in [2.05, 4.69) is 5.32 Å². The van der Waals surface area contributed by atoms with E-state index in [0.717, 1.165) is 9.87 Å². The number of anilines is 1. The highest BCUT2D eigenvalue weighted by Crippen LogP contribution is 2.27. The lowest BCUT2D eigenvalue weighted by Crippen LogP contribution is -2.54. The van der Waals surface area contributed by atoms with Crippen molar-refractivity contribution >= 4 is 27.5 Å². The number of methoxy groups -OCH3 is 1. The van der Waals surface area contributed by atoms with Crippen LogP contribution in [0.2, 0.25) is 0 Å². The number of halogens is 1. The number of rotatable bonds is 14. The molecule has 0 saturated heterocycles. The van der Waals surface area contributed by atoms with Crippen LogP contribution < -0.4 is 14.4 Å². The Morgan fingerprint density at radius 2 is 1.44 bits per heavy atom. The first-order valence-corrected chi connectivity index (χ1v) is 16.2. The minimum Gasteiger partial charge on any atom is -0.497 e. The summed E-state index contributed by atoms with van der Waals surface area (Å²) in [6, 6.07) is 28.0. The quantitative estimate of drug-likeness (QED) is 0.196. The number of benzene rings is 4. The van der Waals surface area contributed by atoms with Crippen molar-refractivity contribution in [3.05, 3.63) is 126 Å². The zero-order valence-corrected chi connectivity index (χ0v) is 26.4. The molecule has 2 amide bonds. The van der Waals surface area contributed by atoms with Crippen molar-refractivity contribution in [1.29, 1.82) is 0 Å². The van der Waals surface area contributed by atoms with E-state index in [4.69, 9.17) is 4.74 Å². The molecule has 0 unspecified atom stereocenters. The average Bonchev–Trinajstić information content (AvgIpc) is 3.06. The third-order valence-electron chi connectivity index (χ3n) is 7.51. The van der Waals surface area contributed by atoms with Crippen LogP contribution in [0.3, 0.4) is 0 Å². The monoisotopic (exact) mass is 631 g/mol. The molecule has 45 heavy (non-hydrogen) atoms. The standard InChI is InChI=1S/C35H38FN3O5S/c1-4-26(2)37-35(41)33(23-27-11-7-5-8-12-27)38(24-28-15-17-29(36)18-16-28)34(40)25-39(30-19-21-31(44-3)22-20-30)45(42,43)32-13-9-6-10-14-32/h5-22,26,33H,4,23-25H2,1-3H3,(H,37,41)/t26-,33-/m1/s1. The summed E-state index contributed by atoms with van der Waals surface area (Å²) < 4.78 is 48.2. The van der Waals surface area contributed by atoms with Gasteiger partial charge in [0.15, 0.2) is 0 Å². The number of carbonyl (C=O) groups is 2. The molecule has 0 radical (unpaired) electrons. The number of nitrogens with one attached hydrogen (secondary N) is 1. The Balaban J connectivity index is 1.79. The summed E-state index contributed by atoms with van der Waals surface area (Å²) in [5.74, 6) is -0.892. The molecule has 1 N–H and O–H groups in total. The number of hydrogen-bond donors (Lipinski definition) is 1. The normalized spacial score (nSPS) is 12.5. The summed E-state index contributed by atoms with van der Waals surface area (Å²) in [6.45, 7) is 3.18. The van der Waals surface area contributed by atoms with Crippen molar-refractivity contribution < 1.29 is 27.1 Å². The average molecular weight is 632 g/mol. The van der Waals surface area contributed by atoms with Crippen molar-refractivity contribution in [1.82, 2.24) is 10.2 Å². The van der Waals surface area contributed by atoms with Gasteiger partial charge in [-0.05, 0) is 73.0 Å². The Morgan fingerprint density at radius 1 is 0.844 bits per heavy atom. The lowest BCUT2D eigenvalue weighted by atomic mass is 10.0. The predicted molar refractivity (Wildman–Crippen MR) is 173 cm³/mol. The van der Waals surface area contributed by atoms with E-state index in [1.54, 1.807) is 54.6 Å². The van der Waals surface area contributed by atoms with Gasteiger partial charge in [-0.2, -0.15) is 0 Å². The van der Waals surface area contributed by atoms with Crippen LogP contribution in [-0.2, 0) is 32.6 Å². The Kier molecular flexibility index (Phi) is 11.3. The predicted octanol–water partition coefficient (Wildman–Crippen LogP) is 5.58. The number of amides is 2. The number of sulfonamides is 1. The molecule has 4 aromatic carbocycles. The van der Waals surface area contributed by atoms with Gasteiger partial charge >= 0.3 is 0 Å². The maximum absolute atomic E-state index is 14.4. The lowest BCUT2D eigenvalue weighted by molar-refractivity contribution is -0.140. The summed E-state index contributed by atoms with van der Waals surface area (Å²) in [5.41, 5.74) is 1.65. The fourth-order valence-electron chi connectivity index (χ4n) is 4.78. The van der Waals surface area contributed by atoms with Crippen molar-refractivity contribution in [2.24, 2.45) is 0 Å². The molecule has 0 heterocycles. The number of hydrogen-bond acceptors (Lipinski definition) is 5. The number of carbonyl (C=O) groups excluding carboxylic acids is 2. The van der Waals surface area contributed by atoms with Gasteiger partial charge < -0.3 is 15.0 Å². The molecule has 0 aliphatic rings. The fraction of sp³-hybridized carbons (Fsp3) is 0.257. The summed E-state index contributed by atoms with van der Waals surface area (Å²) in [4.78, 5) is 29.7. The van der Waals surface area contributed by atoms with Crippen LogP contribution in [0.5, 0.6) is 5.75 Å². The molecular formula is C35H38FN3O5S. The van der Waals surface area contributed by atoms with Crippen molar-refractivity contribution in [2.75, 3.05) is 18.0 Å². The van der Waals surface area contributed by atoms with Gasteiger partial charge in [0.1, 0.15) is 24.2 Å². The topological polar surface area (TPSA) is 96.0 Å². The summed E-state index contributed by atoms with van der Waals surface area (Å²) in [6.07, 6.45) is 0.861. The van der Waals surface area contributed by atoms with Gasteiger partial charge in [0.2, 0.25) is 11.8 Å². The second-order valence-corrected chi connectivity index (χ2v) is 12.6. The minimum atomic E-state index is -4.21. The van der Waals surface area contributed by atoms with E-state index >= 15 is 0 Å². The van der Waals surface area contributed by atoms with E-state index in [9.17, 15) is 22.4 Å². The smallest absolute Gasteiger partial charge is 0.264 e. The first-order chi connectivity index (χ1) is 21.6. The minimum absolute atomic E-state index is 0.00838. The fourth-order valence-corrected chi connectivity index (χ4v) is 6.21. The molecule has 10 heteroatoms. The molecule has 0 fully saturated rings. The molecular weight excluding hydrogens is 593 g/mol. The Bertz CT molecular complexity index is 1650. The maximum Gasteiger partial charge on any atom is 0.264 e. The highest BCUT2D eigenvalue weighted by molar-refractivity contribution is 7.92. The lowest BCUT2D eigenvalue weighted by Gasteiger charge is -2.34. The Labute approximate surface area is 264 Å². The molecule has 0 spiro atoms. The largest absolute Gasteiger partial charge is 0.497 e. The van der Waals surface area contributed by atoms with Gasteiger partial charge in [0.25, 0.3) is 10.0 Å². The van der Waals surface area contributed by atoms with Crippen molar-refractivity contribution in [2.45, 2.75) is 50.2 Å². The number of nitrogens with zero attached hydrogens (tertiary/aromatic N) is 2. The van der Waals surface area contributed by atoms with Gasteiger partial charge in [-0.15, -0.1) is 0 Å². The number of ether oxygens (including phenoxy) is 1. The van der Waals surface area contributed by atoms with E-state index in [-0.39, 0.29) is 35.5 Å². The molecule has 4 aromatic rings. The van der Waals surface area contributed by atoms with Crippen LogP contribution in [0.15, 0.2) is 114 Å². The second kappa shape index (κ2) is 15.3. The van der Waals surface area contributed by atoms with Gasteiger partial charge in [0.05, 0.1) is 17.7 Å². The first-order valence-electron chi connectivity index (χ1n) is 14.7. The summed E-state index contributed by atoms with van der Waals surface area (Å²) in [5, 5.41) is 3.00. The van der Waals surface area contributed by atoms with Crippen molar-refractivity contribution in [3.8, 4) is 5.75 Å². The van der Waals surface area contributed by atoms with Crippen LogP contribution in [0, 0.1) is 5.82 Å². The van der Waals surface area contributed by atoms with Crippen LogP contribution >= 0.6 is 0 Å². The molecule has 8 nitrogen and oxygen atoms in total. The van der Waals surface area contributed by atoms with Crippen LogP contribution in [0.1, 0.15) is 31.4 Å². The van der Waals surface area contributed by atoms with Crippen molar-refractivity contribution in [3.63, 3.8) is 0 Å². The Morgan fingerprint density at radius 3 is 2.02 bits per heavy atom. The van der Waals surface area contributed by atoms with Gasteiger partial charge in [-0.25, -0.2) is 12.8 Å². The molecule has 0 aromatic heterocycles. The SMILES string of the molecule is CC[C@@H](C)NC(=O)[C@@H](Cc1ccccc1)N(Cc1ccc(F)cc1)C(=O)CN(c1ccc(OC)cc1)S(=O)(=O)c1ccccc1. The first kappa shape index (κ1) is 33.2. The highest BCUT2D eigenvalue weighted by atomic mass is 32.2. The second-order valence-electron chi connectivity index (χ2n) is 10.7. The molecule has 0 aliphatic heterocycles. The zero-order chi connectivity index (χ0) is 32.4. The van der Waals surface area contributed by atoms with Crippen LogP contribution in [0.25, 0.3) is 0 Å². The third-order valence-corrected chi connectivity index (χ3v) is 9.30. The van der Waals surface area contributed by atoms with E-state index in [0.29, 0.717) is 17.7 Å². The third kappa shape index (κ3) is 8.69. The van der Waals surface area contributed by atoms with E-state index in [1.165, 1.54) is 36.3 Å². The zero-order valence-electron chi connectivity index (χ0n) is 25.6. The molecule has 0 bridgehead atoms. The molecule has 4 rings (SSSR count). The molecule has 236 valence electrons. The summed E-state index contributed by atoms with van der Waals surface area (Å²) >= 11 is 0. The van der Waals surface area contributed by atoms with E-state index in [1.807, 2.05) is 44.2 Å². The van der Waals surface area contributed by atoms with Gasteiger partial charge in [-0.1, -0.05) is 67.6 Å². The summed E-state index contributed by atoms with van der Waals surface area (Å²) in [7, 11) is -2.71. The maximum atomic E-state index is 14.4. The van der Waals surface area contributed by atoms with Gasteiger partial charge in [0, 0.05) is 19.0 Å². The molecule has 2 atom stereocenters. The highest BCUT2D eigenvalue weighted by Gasteiger charge is 2.35. The molecule has 0 saturated carbocycles. The van der Waals surface area contributed by atoms with Crippen LogP contribution in [-0.4, -0.2) is 50.9 Å². The Hall–Kier alpha value is -4.70. The van der Waals surface area contributed by atoms with Gasteiger partial charge in [-0.3, -0.25) is 13.9 Å². The van der Waals surface area contributed by atoms with Crippen LogP contribution in [0.4, 0.5) is 10.1 Å². The van der Waals surface area contributed by atoms with E-state index < -0.39 is 34.3 Å².